The predicted molar refractivity (Wildman–Crippen MR) is 177 cm³/mol. The molecule has 0 saturated heterocycles. The summed E-state index contributed by atoms with van der Waals surface area (Å²) in [5.74, 6) is 0. The van der Waals surface area contributed by atoms with E-state index in [1.807, 2.05) is 36.4 Å². The number of aromatic nitrogens is 2. The number of allylic oxidation sites excluding steroid dienone is 4. The third kappa shape index (κ3) is 6.55. The predicted octanol–water partition coefficient (Wildman–Crippen LogP) is 10.5. The van der Waals surface area contributed by atoms with Crippen LogP contribution >= 0.6 is 11.7 Å². The van der Waals surface area contributed by atoms with E-state index in [4.69, 9.17) is 0 Å². The molecule has 0 bridgehead atoms. The first-order valence-corrected chi connectivity index (χ1v) is 14.3. The summed E-state index contributed by atoms with van der Waals surface area (Å²) >= 11 is 1.26. The molecule has 0 spiro atoms. The van der Waals surface area contributed by atoms with E-state index in [0.717, 1.165) is 44.4 Å². The van der Waals surface area contributed by atoms with Crippen molar-refractivity contribution in [2.45, 2.75) is 0 Å². The van der Waals surface area contributed by atoms with Gasteiger partial charge in [0.2, 0.25) is 0 Å². The Morgan fingerprint density at radius 1 is 0.366 bits per heavy atom. The molecule has 196 valence electrons. The average molecular weight is 545 g/mol. The summed E-state index contributed by atoms with van der Waals surface area (Å²) in [6, 6.07) is 42.1. The summed E-state index contributed by atoms with van der Waals surface area (Å²) in [5, 5.41) is 0. The first kappa shape index (κ1) is 26.1. The zero-order valence-corrected chi connectivity index (χ0v) is 23.3. The Morgan fingerprint density at radius 3 is 1.07 bits per heavy atom. The largest absolute Gasteiger partial charge is 0.172 e. The molecule has 2 nitrogen and oxygen atoms in total. The van der Waals surface area contributed by atoms with E-state index in [9.17, 15) is 0 Å². The van der Waals surface area contributed by atoms with Gasteiger partial charge in [-0.1, -0.05) is 170 Å². The van der Waals surface area contributed by atoms with Crippen molar-refractivity contribution >= 4 is 47.1 Å². The number of rotatable bonds is 8. The number of hydrogen-bond donors (Lipinski definition) is 0. The molecule has 0 N–H and O–H groups in total. The van der Waals surface area contributed by atoms with Gasteiger partial charge in [0.25, 0.3) is 0 Å². The fourth-order valence-electron chi connectivity index (χ4n) is 4.67. The second-order valence-electron chi connectivity index (χ2n) is 9.62. The highest BCUT2D eigenvalue weighted by atomic mass is 32.1. The van der Waals surface area contributed by atoms with E-state index >= 15 is 0 Å². The minimum absolute atomic E-state index is 0.941. The van der Waals surface area contributed by atoms with Gasteiger partial charge in [0, 0.05) is 11.1 Å². The van der Waals surface area contributed by atoms with Gasteiger partial charge in [0.15, 0.2) is 0 Å². The van der Waals surface area contributed by atoms with Crippen molar-refractivity contribution in [3.05, 3.63) is 168 Å². The Hall–Kier alpha value is -5.12. The molecule has 41 heavy (non-hydrogen) atoms. The van der Waals surface area contributed by atoms with Gasteiger partial charge in [-0.05, 0) is 33.4 Å². The van der Waals surface area contributed by atoms with Crippen molar-refractivity contribution in [3.8, 4) is 22.3 Å². The fraction of sp³-hybridized carbons (Fsp3) is 0. The topological polar surface area (TPSA) is 25.8 Å². The summed E-state index contributed by atoms with van der Waals surface area (Å²) in [6.07, 6.45) is 16.7. The van der Waals surface area contributed by atoms with Gasteiger partial charge in [-0.15, -0.1) is 0 Å². The maximum Gasteiger partial charge on any atom is 0.113 e. The summed E-state index contributed by atoms with van der Waals surface area (Å²) in [6.45, 7) is 0. The molecule has 0 fully saturated rings. The highest BCUT2D eigenvalue weighted by molar-refractivity contribution is 7.00. The van der Waals surface area contributed by atoms with Gasteiger partial charge >= 0.3 is 0 Å². The van der Waals surface area contributed by atoms with Crippen LogP contribution in [-0.2, 0) is 0 Å². The molecule has 0 atom stereocenters. The van der Waals surface area contributed by atoms with Crippen LogP contribution in [-0.4, -0.2) is 8.75 Å². The minimum atomic E-state index is 0.941. The molecule has 6 rings (SSSR count). The first-order chi connectivity index (χ1) is 20.3. The number of nitrogens with zero attached hydrogens (tertiary/aromatic N) is 2. The highest BCUT2D eigenvalue weighted by Crippen LogP contribution is 2.34. The van der Waals surface area contributed by atoms with Crippen molar-refractivity contribution in [3.63, 3.8) is 0 Å². The zero-order chi connectivity index (χ0) is 27.7. The molecule has 0 aliphatic heterocycles. The van der Waals surface area contributed by atoms with Crippen LogP contribution in [0.25, 0.3) is 57.6 Å². The molecule has 1 aromatic heterocycles. The van der Waals surface area contributed by atoms with Gasteiger partial charge in [-0.2, -0.15) is 8.75 Å². The van der Waals surface area contributed by atoms with E-state index < -0.39 is 0 Å². The highest BCUT2D eigenvalue weighted by Gasteiger charge is 2.13. The van der Waals surface area contributed by atoms with Gasteiger partial charge in [0.1, 0.15) is 11.0 Å². The van der Waals surface area contributed by atoms with Crippen molar-refractivity contribution in [2.24, 2.45) is 0 Å². The van der Waals surface area contributed by atoms with E-state index in [-0.39, 0.29) is 0 Å². The molecule has 0 unspecified atom stereocenters. The molecule has 0 radical (unpaired) electrons. The molecule has 5 aromatic carbocycles. The maximum absolute atomic E-state index is 4.67. The van der Waals surface area contributed by atoms with Crippen molar-refractivity contribution in [1.29, 1.82) is 0 Å². The first-order valence-electron chi connectivity index (χ1n) is 13.6. The third-order valence-corrected chi connectivity index (χ3v) is 7.36. The normalized spacial score (nSPS) is 12.0. The van der Waals surface area contributed by atoms with Crippen LogP contribution in [0.2, 0.25) is 0 Å². The molecule has 6 aromatic rings. The fourth-order valence-corrected chi connectivity index (χ4v) is 5.25. The lowest BCUT2D eigenvalue weighted by molar-refractivity contribution is 1.56. The smallest absolute Gasteiger partial charge is 0.113 e. The summed E-state index contributed by atoms with van der Waals surface area (Å²) < 4.78 is 9.35. The number of fused-ring (bicyclic) bond motifs is 1. The standard InChI is InChI=1S/C38H28N2S/c1-3-11-29(12-4-1)15-7-9-17-31-19-23-33(24-20-31)35-27-28-36(38-37(35)39-41-40-38)34-25-21-32(22-26-34)18-10-8-16-30-13-5-2-6-14-30/h1-28H/b15-7+,16-8+,17-9+,18-10+. The molecule has 0 aliphatic rings. The Morgan fingerprint density at radius 2 is 0.707 bits per heavy atom. The lowest BCUT2D eigenvalue weighted by atomic mass is 9.96. The molecule has 0 saturated carbocycles. The third-order valence-electron chi connectivity index (χ3n) is 6.83. The monoisotopic (exact) mass is 544 g/mol. The van der Waals surface area contributed by atoms with E-state index in [1.165, 1.54) is 22.9 Å². The summed E-state index contributed by atoms with van der Waals surface area (Å²) in [4.78, 5) is 0. The lowest BCUT2D eigenvalue weighted by Gasteiger charge is -2.08. The molecular weight excluding hydrogens is 516 g/mol. The van der Waals surface area contributed by atoms with Gasteiger partial charge < -0.3 is 0 Å². The maximum atomic E-state index is 4.67. The van der Waals surface area contributed by atoms with Crippen LogP contribution in [0.3, 0.4) is 0 Å². The van der Waals surface area contributed by atoms with Crippen LogP contribution in [0.5, 0.6) is 0 Å². The van der Waals surface area contributed by atoms with Crippen molar-refractivity contribution in [1.82, 2.24) is 8.75 Å². The van der Waals surface area contributed by atoms with Gasteiger partial charge in [-0.3, -0.25) is 0 Å². The summed E-state index contributed by atoms with van der Waals surface area (Å²) in [5.41, 5.74) is 11.0. The molecular formula is C38H28N2S. The van der Waals surface area contributed by atoms with Crippen LogP contribution in [0.15, 0.2) is 146 Å². The number of hydrogen-bond acceptors (Lipinski definition) is 3. The second kappa shape index (κ2) is 12.8. The lowest BCUT2D eigenvalue weighted by Crippen LogP contribution is -1.86. The van der Waals surface area contributed by atoms with Gasteiger partial charge in [0.05, 0.1) is 11.7 Å². The minimum Gasteiger partial charge on any atom is -0.172 e. The van der Waals surface area contributed by atoms with Crippen LogP contribution in [0.4, 0.5) is 0 Å². The summed E-state index contributed by atoms with van der Waals surface area (Å²) in [7, 11) is 0. The van der Waals surface area contributed by atoms with Crippen LogP contribution in [0, 0.1) is 0 Å². The van der Waals surface area contributed by atoms with E-state index in [2.05, 4.69) is 142 Å². The van der Waals surface area contributed by atoms with E-state index in [1.54, 1.807) is 0 Å². The zero-order valence-electron chi connectivity index (χ0n) is 22.5. The molecule has 1 heterocycles. The Labute approximate surface area is 245 Å². The second-order valence-corrected chi connectivity index (χ2v) is 10.2. The number of benzene rings is 5. The van der Waals surface area contributed by atoms with Gasteiger partial charge in [-0.25, -0.2) is 0 Å². The Kier molecular flexibility index (Phi) is 8.17. The Bertz CT molecular complexity index is 1710. The average Bonchev–Trinajstić information content (AvgIpc) is 3.53. The molecule has 3 heteroatoms. The molecule has 0 aliphatic carbocycles. The van der Waals surface area contributed by atoms with E-state index in [0.29, 0.717) is 0 Å². The van der Waals surface area contributed by atoms with Crippen LogP contribution in [0.1, 0.15) is 22.3 Å². The SMILES string of the molecule is C(/C=C/c1ccc(-c2ccc(-c3ccc(/C=C/C=C/c4ccccc4)cc3)c3nsnc23)cc1)=C\c1ccccc1. The van der Waals surface area contributed by atoms with Crippen molar-refractivity contribution < 1.29 is 0 Å². The van der Waals surface area contributed by atoms with Crippen molar-refractivity contribution in [2.75, 3.05) is 0 Å². The quantitative estimate of drug-likeness (QED) is 0.178. The van der Waals surface area contributed by atoms with Crippen LogP contribution < -0.4 is 0 Å². The Balaban J connectivity index is 1.16. The molecule has 0 amide bonds.